The normalized spacial score (nSPS) is 19.2. The summed E-state index contributed by atoms with van der Waals surface area (Å²) in [6.45, 7) is 12.6. The zero-order valence-corrected chi connectivity index (χ0v) is 14.1. The number of rotatable bonds is 5. The van der Waals surface area contributed by atoms with Crippen LogP contribution >= 0.6 is 0 Å². The quantitative estimate of drug-likeness (QED) is 0.906. The van der Waals surface area contributed by atoms with E-state index < -0.39 is 0 Å². The molecule has 0 aromatic carbocycles. The smallest absolute Gasteiger partial charge is 0.131 e. The molecule has 0 radical (unpaired) electrons. The summed E-state index contributed by atoms with van der Waals surface area (Å²) in [5.41, 5.74) is 3.67. The van der Waals surface area contributed by atoms with E-state index in [1.54, 1.807) is 0 Å². The van der Waals surface area contributed by atoms with Crippen LogP contribution in [0.2, 0.25) is 0 Å². The van der Waals surface area contributed by atoms with Gasteiger partial charge in [0.2, 0.25) is 0 Å². The summed E-state index contributed by atoms with van der Waals surface area (Å²) < 4.78 is 5.68. The highest BCUT2D eigenvalue weighted by atomic mass is 16.5. The third kappa shape index (κ3) is 5.04. The van der Waals surface area contributed by atoms with Crippen LogP contribution in [0.4, 0.5) is 0 Å². The Morgan fingerprint density at radius 3 is 2.38 bits per heavy atom. The molecule has 1 unspecified atom stereocenters. The Morgan fingerprint density at radius 1 is 1.19 bits per heavy atom. The number of ether oxygens (including phenoxy) is 1. The summed E-state index contributed by atoms with van der Waals surface area (Å²) in [7, 11) is 0. The predicted molar refractivity (Wildman–Crippen MR) is 85.6 cm³/mol. The summed E-state index contributed by atoms with van der Waals surface area (Å²) in [5, 5.41) is 3.52. The Bertz CT molecular complexity index is 450. The van der Waals surface area contributed by atoms with Crippen molar-refractivity contribution in [3.8, 4) is 0 Å². The van der Waals surface area contributed by atoms with Crippen molar-refractivity contribution < 1.29 is 4.74 Å². The topological polar surface area (TPSA) is 47.0 Å². The fourth-order valence-corrected chi connectivity index (χ4v) is 2.83. The molecule has 1 aromatic heterocycles. The number of nitrogens with zero attached hydrogens (tertiary/aromatic N) is 2. The zero-order chi connectivity index (χ0) is 15.5. The van der Waals surface area contributed by atoms with Gasteiger partial charge in [-0.25, -0.2) is 9.97 Å². The van der Waals surface area contributed by atoms with Crippen molar-refractivity contribution in [3.05, 3.63) is 22.8 Å². The van der Waals surface area contributed by atoms with Gasteiger partial charge in [0.25, 0.3) is 0 Å². The molecule has 1 aliphatic heterocycles. The number of hydrogen-bond acceptors (Lipinski definition) is 4. The first-order valence-corrected chi connectivity index (χ1v) is 8.05. The molecule has 118 valence electrons. The van der Waals surface area contributed by atoms with Crippen LogP contribution in [-0.2, 0) is 17.6 Å². The minimum atomic E-state index is 0.155. The van der Waals surface area contributed by atoms with E-state index in [0.717, 1.165) is 49.6 Å². The molecule has 0 spiro atoms. The van der Waals surface area contributed by atoms with Crippen molar-refractivity contribution in [3.63, 3.8) is 0 Å². The van der Waals surface area contributed by atoms with Gasteiger partial charge in [0.1, 0.15) is 5.82 Å². The maximum absolute atomic E-state index is 5.68. The molecule has 1 saturated heterocycles. The van der Waals surface area contributed by atoms with E-state index in [1.165, 1.54) is 12.0 Å². The number of hydrogen-bond donors (Lipinski definition) is 1. The van der Waals surface area contributed by atoms with Crippen LogP contribution in [0.1, 0.15) is 56.4 Å². The van der Waals surface area contributed by atoms with E-state index in [0.29, 0.717) is 6.10 Å². The van der Waals surface area contributed by atoms with Gasteiger partial charge in [-0.3, -0.25) is 0 Å². The standard InChI is InChI=1S/C17H29N3O/c1-12-15(8-9-18-17(3,4)5)13(2)20-16(19-12)11-14-7-6-10-21-14/h14,18H,6-11H2,1-5H3. The SMILES string of the molecule is Cc1nc(CC2CCCO2)nc(C)c1CCNC(C)(C)C. The highest BCUT2D eigenvalue weighted by Crippen LogP contribution is 2.17. The molecule has 2 rings (SSSR count). The van der Waals surface area contributed by atoms with Gasteiger partial charge < -0.3 is 10.1 Å². The summed E-state index contributed by atoms with van der Waals surface area (Å²) in [6, 6.07) is 0. The fraction of sp³-hybridized carbons (Fsp3) is 0.765. The highest BCUT2D eigenvalue weighted by molar-refractivity contribution is 5.25. The second-order valence-corrected chi connectivity index (χ2v) is 7.06. The molecular formula is C17H29N3O. The first-order chi connectivity index (χ1) is 9.85. The van der Waals surface area contributed by atoms with E-state index in [9.17, 15) is 0 Å². The summed E-state index contributed by atoms with van der Waals surface area (Å²) >= 11 is 0. The van der Waals surface area contributed by atoms with Gasteiger partial charge in [-0.05, 0) is 66.0 Å². The minimum Gasteiger partial charge on any atom is -0.378 e. The molecule has 0 amide bonds. The van der Waals surface area contributed by atoms with E-state index in [-0.39, 0.29) is 5.54 Å². The van der Waals surface area contributed by atoms with Crippen LogP contribution in [0.15, 0.2) is 0 Å². The van der Waals surface area contributed by atoms with Gasteiger partial charge in [-0.15, -0.1) is 0 Å². The molecule has 21 heavy (non-hydrogen) atoms. The minimum absolute atomic E-state index is 0.155. The van der Waals surface area contributed by atoms with Crippen molar-refractivity contribution >= 4 is 0 Å². The van der Waals surface area contributed by atoms with Crippen LogP contribution < -0.4 is 5.32 Å². The van der Waals surface area contributed by atoms with Crippen LogP contribution in [0.25, 0.3) is 0 Å². The Balaban J connectivity index is 1.99. The van der Waals surface area contributed by atoms with Gasteiger partial charge in [0, 0.05) is 30.0 Å². The molecule has 4 nitrogen and oxygen atoms in total. The maximum atomic E-state index is 5.68. The number of aromatic nitrogens is 2. The van der Waals surface area contributed by atoms with Crippen molar-refractivity contribution in [2.75, 3.05) is 13.2 Å². The summed E-state index contributed by atoms with van der Waals surface area (Å²) in [5.74, 6) is 0.935. The monoisotopic (exact) mass is 291 g/mol. The van der Waals surface area contributed by atoms with Crippen LogP contribution in [0.3, 0.4) is 0 Å². The van der Waals surface area contributed by atoms with Crippen molar-refractivity contribution in [2.45, 2.75) is 71.9 Å². The molecule has 0 saturated carbocycles. The van der Waals surface area contributed by atoms with Crippen molar-refractivity contribution in [2.24, 2.45) is 0 Å². The average molecular weight is 291 g/mol. The van der Waals surface area contributed by atoms with Gasteiger partial charge >= 0.3 is 0 Å². The molecule has 1 aliphatic rings. The third-order valence-electron chi connectivity index (χ3n) is 3.93. The Kier molecular flexibility index (Phi) is 5.33. The highest BCUT2D eigenvalue weighted by Gasteiger charge is 2.18. The molecule has 1 fully saturated rings. The van der Waals surface area contributed by atoms with Gasteiger partial charge in [-0.2, -0.15) is 0 Å². The second kappa shape index (κ2) is 6.84. The predicted octanol–water partition coefficient (Wildman–Crippen LogP) is 2.75. The number of nitrogens with one attached hydrogen (secondary N) is 1. The van der Waals surface area contributed by atoms with E-state index in [2.05, 4.69) is 39.9 Å². The summed E-state index contributed by atoms with van der Waals surface area (Å²) in [6.07, 6.45) is 4.45. The molecule has 1 atom stereocenters. The summed E-state index contributed by atoms with van der Waals surface area (Å²) in [4.78, 5) is 9.39. The first kappa shape index (κ1) is 16.4. The Morgan fingerprint density at radius 2 is 1.86 bits per heavy atom. The molecule has 0 bridgehead atoms. The van der Waals surface area contributed by atoms with Crippen LogP contribution in [0.5, 0.6) is 0 Å². The lowest BCUT2D eigenvalue weighted by Crippen LogP contribution is -2.37. The van der Waals surface area contributed by atoms with E-state index in [1.807, 2.05) is 0 Å². The molecule has 1 N–H and O–H groups in total. The number of aryl methyl sites for hydroxylation is 2. The molecule has 0 aliphatic carbocycles. The molecule has 1 aromatic rings. The molecular weight excluding hydrogens is 262 g/mol. The lowest BCUT2D eigenvalue weighted by atomic mass is 10.1. The van der Waals surface area contributed by atoms with Crippen molar-refractivity contribution in [1.29, 1.82) is 0 Å². The average Bonchev–Trinajstić information content (AvgIpc) is 2.84. The zero-order valence-electron chi connectivity index (χ0n) is 14.1. The van der Waals surface area contributed by atoms with Crippen LogP contribution in [-0.4, -0.2) is 34.8 Å². The lowest BCUT2D eigenvalue weighted by Gasteiger charge is -2.21. The van der Waals surface area contributed by atoms with Gasteiger partial charge in [-0.1, -0.05) is 0 Å². The van der Waals surface area contributed by atoms with E-state index >= 15 is 0 Å². The Labute approximate surface area is 128 Å². The van der Waals surface area contributed by atoms with Crippen LogP contribution in [0, 0.1) is 13.8 Å². The maximum Gasteiger partial charge on any atom is 0.131 e. The third-order valence-corrected chi connectivity index (χ3v) is 3.93. The Hall–Kier alpha value is -1.00. The largest absolute Gasteiger partial charge is 0.378 e. The molecule has 4 heteroatoms. The fourth-order valence-electron chi connectivity index (χ4n) is 2.83. The lowest BCUT2D eigenvalue weighted by molar-refractivity contribution is 0.110. The molecule has 2 heterocycles. The van der Waals surface area contributed by atoms with E-state index in [4.69, 9.17) is 14.7 Å². The second-order valence-electron chi connectivity index (χ2n) is 7.06. The van der Waals surface area contributed by atoms with Crippen molar-refractivity contribution in [1.82, 2.24) is 15.3 Å². The first-order valence-electron chi connectivity index (χ1n) is 8.05. The van der Waals surface area contributed by atoms with Gasteiger partial charge in [0.05, 0.1) is 6.10 Å². The van der Waals surface area contributed by atoms with Gasteiger partial charge in [0.15, 0.2) is 0 Å².